The van der Waals surface area contributed by atoms with Crippen molar-refractivity contribution in [2.45, 2.75) is 26.7 Å². The summed E-state index contributed by atoms with van der Waals surface area (Å²) >= 11 is 5.85. The molecular weight excluding hydrogens is 288 g/mol. The van der Waals surface area contributed by atoms with Crippen LogP contribution in [-0.2, 0) is 9.59 Å². The van der Waals surface area contributed by atoms with Crippen molar-refractivity contribution in [3.63, 3.8) is 0 Å². The first-order valence-electron chi connectivity index (χ1n) is 7.33. The van der Waals surface area contributed by atoms with E-state index in [9.17, 15) is 9.59 Å². The number of carbonyl (C=O) groups is 2. The molecule has 1 N–H and O–H groups in total. The number of anilines is 1. The second kappa shape index (κ2) is 6.94. The Kier molecular flexibility index (Phi) is 5.23. The normalized spacial score (nSPS) is 18.4. The summed E-state index contributed by atoms with van der Waals surface area (Å²) in [6.45, 7) is 5.41. The van der Waals surface area contributed by atoms with Crippen LogP contribution in [0.5, 0.6) is 0 Å². The fourth-order valence-corrected chi connectivity index (χ4v) is 2.53. The minimum atomic E-state index is -0.562. The smallest absolute Gasteiger partial charge is 0.239 e. The highest BCUT2D eigenvalue weighted by Crippen LogP contribution is 2.26. The Balaban J connectivity index is 1.94. The number of hydrogen-bond acceptors (Lipinski definition) is 2. The lowest BCUT2D eigenvalue weighted by Gasteiger charge is -2.17. The fraction of sp³-hybridized carbons (Fsp3) is 0.500. The summed E-state index contributed by atoms with van der Waals surface area (Å²) in [6.07, 6.45) is 1.49. The van der Waals surface area contributed by atoms with Gasteiger partial charge in [0.05, 0.1) is 0 Å². The molecular formula is C16H21ClN2O2. The van der Waals surface area contributed by atoms with Crippen molar-refractivity contribution < 1.29 is 9.59 Å². The van der Waals surface area contributed by atoms with E-state index in [2.05, 4.69) is 19.2 Å². The number of halogens is 1. The van der Waals surface area contributed by atoms with Crippen LogP contribution in [0.1, 0.15) is 26.7 Å². The fourth-order valence-electron chi connectivity index (χ4n) is 2.41. The van der Waals surface area contributed by atoms with Gasteiger partial charge in [-0.1, -0.05) is 25.4 Å². The first-order valence-corrected chi connectivity index (χ1v) is 7.71. The van der Waals surface area contributed by atoms with Crippen molar-refractivity contribution in [1.29, 1.82) is 0 Å². The Morgan fingerprint density at radius 1 is 1.38 bits per heavy atom. The quantitative estimate of drug-likeness (QED) is 0.850. The molecule has 0 radical (unpaired) electrons. The van der Waals surface area contributed by atoms with Crippen LogP contribution >= 0.6 is 11.6 Å². The van der Waals surface area contributed by atoms with Gasteiger partial charge in [0.15, 0.2) is 0 Å². The van der Waals surface area contributed by atoms with Crippen molar-refractivity contribution in [1.82, 2.24) is 5.32 Å². The molecule has 1 saturated heterocycles. The molecule has 1 aromatic rings. The third-order valence-corrected chi connectivity index (χ3v) is 3.93. The van der Waals surface area contributed by atoms with E-state index in [1.54, 1.807) is 29.2 Å². The monoisotopic (exact) mass is 308 g/mol. The Labute approximate surface area is 130 Å². The molecule has 0 aliphatic carbocycles. The van der Waals surface area contributed by atoms with E-state index in [0.29, 0.717) is 30.5 Å². The van der Waals surface area contributed by atoms with Gasteiger partial charge in [-0.25, -0.2) is 0 Å². The van der Waals surface area contributed by atoms with E-state index in [-0.39, 0.29) is 11.8 Å². The minimum absolute atomic E-state index is 0.126. The molecule has 1 aromatic carbocycles. The van der Waals surface area contributed by atoms with Gasteiger partial charge in [0, 0.05) is 23.8 Å². The lowest BCUT2D eigenvalue weighted by Crippen LogP contribution is -2.37. The molecule has 2 amide bonds. The predicted molar refractivity (Wildman–Crippen MR) is 84.4 cm³/mol. The molecule has 114 valence electrons. The molecule has 1 heterocycles. The molecule has 1 aliphatic heterocycles. The van der Waals surface area contributed by atoms with Crippen LogP contribution in [-0.4, -0.2) is 24.9 Å². The summed E-state index contributed by atoms with van der Waals surface area (Å²) in [5.74, 6) is -0.306. The van der Waals surface area contributed by atoms with Crippen molar-refractivity contribution in [3.05, 3.63) is 29.3 Å². The summed E-state index contributed by atoms with van der Waals surface area (Å²) in [5.41, 5.74) is 0.793. The maximum atomic E-state index is 12.4. The zero-order valence-corrected chi connectivity index (χ0v) is 13.2. The highest BCUT2D eigenvalue weighted by Gasteiger charge is 2.37. The maximum absolute atomic E-state index is 12.4. The van der Waals surface area contributed by atoms with E-state index in [4.69, 9.17) is 11.6 Å². The van der Waals surface area contributed by atoms with E-state index in [0.717, 1.165) is 12.1 Å². The van der Waals surface area contributed by atoms with Gasteiger partial charge in [-0.3, -0.25) is 9.59 Å². The van der Waals surface area contributed by atoms with Crippen LogP contribution in [0.3, 0.4) is 0 Å². The highest BCUT2D eigenvalue weighted by atomic mass is 35.5. The number of amides is 2. The molecule has 0 aromatic heterocycles. The zero-order chi connectivity index (χ0) is 15.4. The van der Waals surface area contributed by atoms with E-state index < -0.39 is 5.92 Å². The van der Waals surface area contributed by atoms with Gasteiger partial charge in [0.1, 0.15) is 5.92 Å². The third kappa shape index (κ3) is 3.97. The topological polar surface area (TPSA) is 49.4 Å². The molecule has 0 bridgehead atoms. The van der Waals surface area contributed by atoms with Crippen LogP contribution in [0, 0.1) is 11.8 Å². The number of benzene rings is 1. The van der Waals surface area contributed by atoms with E-state index in [1.165, 1.54) is 0 Å². The molecule has 1 aliphatic rings. The maximum Gasteiger partial charge on any atom is 0.239 e. The van der Waals surface area contributed by atoms with Gasteiger partial charge in [-0.2, -0.15) is 0 Å². The Hall–Kier alpha value is -1.55. The average molecular weight is 309 g/mol. The number of nitrogens with zero attached hydrogens (tertiary/aromatic N) is 1. The van der Waals surface area contributed by atoms with Crippen molar-refractivity contribution in [2.75, 3.05) is 18.0 Å². The van der Waals surface area contributed by atoms with Crippen LogP contribution in [0.2, 0.25) is 5.02 Å². The summed E-state index contributed by atoms with van der Waals surface area (Å²) in [5, 5.41) is 3.49. The second-order valence-electron chi connectivity index (χ2n) is 5.78. The lowest BCUT2D eigenvalue weighted by atomic mass is 10.1. The van der Waals surface area contributed by atoms with Gasteiger partial charge in [-0.05, 0) is 43.0 Å². The van der Waals surface area contributed by atoms with Gasteiger partial charge in [0.25, 0.3) is 0 Å². The first-order chi connectivity index (χ1) is 9.99. The van der Waals surface area contributed by atoms with Crippen LogP contribution in [0.25, 0.3) is 0 Å². The summed E-state index contributed by atoms with van der Waals surface area (Å²) in [4.78, 5) is 26.1. The minimum Gasteiger partial charge on any atom is -0.355 e. The zero-order valence-electron chi connectivity index (χ0n) is 12.4. The molecule has 1 atom stereocenters. The molecule has 0 saturated carbocycles. The van der Waals surface area contributed by atoms with Crippen LogP contribution < -0.4 is 10.2 Å². The van der Waals surface area contributed by atoms with Gasteiger partial charge < -0.3 is 10.2 Å². The average Bonchev–Trinajstić information content (AvgIpc) is 2.81. The number of carbonyl (C=O) groups excluding carboxylic acids is 2. The number of rotatable bonds is 5. The second-order valence-corrected chi connectivity index (χ2v) is 6.22. The highest BCUT2D eigenvalue weighted by molar-refractivity contribution is 6.30. The molecule has 4 nitrogen and oxygen atoms in total. The molecule has 2 rings (SSSR count). The SMILES string of the molecule is CC(C)CCNC(=O)C1CCN(c2ccc(Cl)cc2)C1=O. The van der Waals surface area contributed by atoms with E-state index >= 15 is 0 Å². The Morgan fingerprint density at radius 3 is 2.67 bits per heavy atom. The largest absolute Gasteiger partial charge is 0.355 e. The van der Waals surface area contributed by atoms with Crippen LogP contribution in [0.15, 0.2) is 24.3 Å². The number of hydrogen-bond donors (Lipinski definition) is 1. The molecule has 1 unspecified atom stereocenters. The Bertz CT molecular complexity index is 514. The molecule has 1 fully saturated rings. The van der Waals surface area contributed by atoms with Crippen LogP contribution in [0.4, 0.5) is 5.69 Å². The van der Waals surface area contributed by atoms with Gasteiger partial charge in [-0.15, -0.1) is 0 Å². The Morgan fingerprint density at radius 2 is 2.05 bits per heavy atom. The van der Waals surface area contributed by atoms with Crippen molar-refractivity contribution in [2.24, 2.45) is 11.8 Å². The van der Waals surface area contributed by atoms with Crippen molar-refractivity contribution in [3.8, 4) is 0 Å². The summed E-state index contributed by atoms with van der Waals surface area (Å²) in [7, 11) is 0. The first kappa shape index (κ1) is 15.8. The van der Waals surface area contributed by atoms with Crippen molar-refractivity contribution >= 4 is 29.1 Å². The van der Waals surface area contributed by atoms with E-state index in [1.807, 2.05) is 0 Å². The summed E-state index contributed by atoms with van der Waals surface area (Å²) < 4.78 is 0. The van der Waals surface area contributed by atoms with Gasteiger partial charge >= 0.3 is 0 Å². The number of nitrogens with one attached hydrogen (secondary N) is 1. The molecule has 5 heteroatoms. The predicted octanol–water partition coefficient (Wildman–Crippen LogP) is 2.86. The summed E-state index contributed by atoms with van der Waals surface area (Å²) in [6, 6.07) is 7.11. The molecule has 0 spiro atoms. The molecule has 21 heavy (non-hydrogen) atoms. The lowest BCUT2D eigenvalue weighted by molar-refractivity contribution is -0.132. The third-order valence-electron chi connectivity index (χ3n) is 3.68. The standard InChI is InChI=1S/C16H21ClN2O2/c1-11(2)7-9-18-15(20)14-8-10-19(16(14)21)13-5-3-12(17)4-6-13/h3-6,11,14H,7-10H2,1-2H3,(H,18,20). The van der Waals surface area contributed by atoms with Gasteiger partial charge in [0.2, 0.25) is 11.8 Å².